The smallest absolute Gasteiger partial charge is 0.433 e. The molecule has 0 aliphatic rings. The van der Waals surface area contributed by atoms with Gasteiger partial charge in [0, 0.05) is 6.42 Å². The number of carboxylic acid groups (broad SMARTS) is 2. The van der Waals surface area contributed by atoms with Crippen LogP contribution in [0.3, 0.4) is 0 Å². The number of carboxylic acids is 2. The van der Waals surface area contributed by atoms with Gasteiger partial charge in [-0.15, -0.1) is 4.67 Å². The van der Waals surface area contributed by atoms with Crippen LogP contribution >= 0.6 is 7.75 Å². The summed E-state index contributed by atoms with van der Waals surface area (Å²) in [5.74, 6) is -2.76. The average molecular weight is 425 g/mol. The normalized spacial score (nSPS) is 14.1. The van der Waals surface area contributed by atoms with Crippen LogP contribution in [0.5, 0.6) is 0 Å². The molecule has 0 saturated heterocycles. The number of nitrogens with one attached hydrogen (secondary N) is 1. The predicted molar refractivity (Wildman–Crippen MR) is 100 cm³/mol. The zero-order valence-corrected chi connectivity index (χ0v) is 16.0. The molecule has 0 radical (unpaired) electrons. The molecule has 0 aliphatic heterocycles. The van der Waals surface area contributed by atoms with Gasteiger partial charge in [0.15, 0.2) is 0 Å². The van der Waals surface area contributed by atoms with Gasteiger partial charge in [-0.3, -0.25) is 9.59 Å². The highest BCUT2D eigenvalue weighted by molar-refractivity contribution is 7.50. The first-order valence-electron chi connectivity index (χ1n) is 8.44. The summed E-state index contributed by atoms with van der Waals surface area (Å²) in [5.41, 5.74) is 2.73. The third-order valence-electron chi connectivity index (χ3n) is 3.73. The summed E-state index contributed by atoms with van der Waals surface area (Å²) < 4.78 is 16.0. The summed E-state index contributed by atoms with van der Waals surface area (Å²) in [6.45, 7) is -0.101. The predicted octanol–water partition coefficient (Wildman–Crippen LogP) is 2.74. The highest BCUT2D eigenvalue weighted by Gasteiger charge is 2.30. The summed E-state index contributed by atoms with van der Waals surface area (Å²) >= 11 is 0. The third-order valence-corrected chi connectivity index (χ3v) is 4.63. The van der Waals surface area contributed by atoms with Crippen molar-refractivity contribution in [3.63, 3.8) is 0 Å². The molecule has 0 bridgehead atoms. The molecule has 2 aromatic carbocycles. The molecule has 10 nitrogen and oxygen atoms in total. The minimum absolute atomic E-state index is 0.101. The van der Waals surface area contributed by atoms with E-state index in [2.05, 4.69) is 9.71 Å². The van der Waals surface area contributed by atoms with Gasteiger partial charge in [0.05, 0.1) is 0 Å². The van der Waals surface area contributed by atoms with Gasteiger partial charge >= 0.3 is 19.7 Å². The van der Waals surface area contributed by atoms with Crippen LogP contribution in [0.25, 0.3) is 11.1 Å². The Morgan fingerprint density at radius 2 is 1.62 bits per heavy atom. The second kappa shape index (κ2) is 10.8. The molecule has 0 spiro atoms. The molecule has 2 rings (SSSR count). The first-order valence-corrected chi connectivity index (χ1v) is 10.0. The number of hydrogen-bond acceptors (Lipinski definition) is 6. The molecule has 0 amide bonds. The second-order valence-electron chi connectivity index (χ2n) is 5.94. The maximum Gasteiger partial charge on any atom is 0.433 e. The van der Waals surface area contributed by atoms with E-state index in [1.807, 2.05) is 42.5 Å². The molecule has 1 unspecified atom stereocenters. The lowest BCUT2D eigenvalue weighted by molar-refractivity contribution is -0.476. The van der Waals surface area contributed by atoms with Crippen LogP contribution in [-0.2, 0) is 35.4 Å². The molecule has 4 N–H and O–H groups in total. The molecule has 156 valence electrons. The van der Waals surface area contributed by atoms with E-state index < -0.39 is 38.6 Å². The molecular weight excluding hydrogens is 405 g/mol. The lowest BCUT2D eigenvalue weighted by atomic mass is 10.0. The Morgan fingerprint density at radius 1 is 1.00 bits per heavy atom. The van der Waals surface area contributed by atoms with Crippen molar-refractivity contribution in [3.05, 3.63) is 60.2 Å². The van der Waals surface area contributed by atoms with Crippen LogP contribution in [0.15, 0.2) is 54.6 Å². The van der Waals surface area contributed by atoms with E-state index in [0.29, 0.717) is 5.56 Å². The Kier molecular flexibility index (Phi) is 8.47. The quantitative estimate of drug-likeness (QED) is 0.173. The fourth-order valence-corrected chi connectivity index (χ4v) is 3.11. The van der Waals surface area contributed by atoms with Gasteiger partial charge in [0.2, 0.25) is 0 Å². The number of carbonyl (C=O) groups is 2. The molecule has 11 heteroatoms. The largest absolute Gasteiger partial charge is 0.481 e. The van der Waals surface area contributed by atoms with Gasteiger partial charge in [0.25, 0.3) is 0 Å². The SMILES string of the molecule is O=C(O)CC[C@H](NP(=O)(O)OOOCc1ccc(-c2ccccc2)cc1)C(=O)O. The lowest BCUT2D eigenvalue weighted by Crippen LogP contribution is -2.35. The topological polar surface area (TPSA) is 152 Å². The fraction of sp³-hybridized carbons (Fsp3) is 0.222. The van der Waals surface area contributed by atoms with Crippen molar-refractivity contribution >= 4 is 19.7 Å². The Balaban J connectivity index is 1.79. The van der Waals surface area contributed by atoms with E-state index in [-0.39, 0.29) is 6.61 Å². The highest BCUT2D eigenvalue weighted by atomic mass is 31.2. The van der Waals surface area contributed by atoms with Crippen molar-refractivity contribution in [1.82, 2.24) is 5.09 Å². The maximum absolute atomic E-state index is 11.8. The molecule has 0 fully saturated rings. The van der Waals surface area contributed by atoms with Crippen molar-refractivity contribution in [2.24, 2.45) is 0 Å². The molecule has 0 aromatic heterocycles. The molecule has 29 heavy (non-hydrogen) atoms. The Bertz CT molecular complexity index is 857. The maximum atomic E-state index is 11.8. The van der Waals surface area contributed by atoms with Crippen LogP contribution < -0.4 is 5.09 Å². The van der Waals surface area contributed by atoms with Gasteiger partial charge < -0.3 is 15.1 Å². The van der Waals surface area contributed by atoms with E-state index >= 15 is 0 Å². The molecule has 2 aromatic rings. The summed E-state index contributed by atoms with van der Waals surface area (Å²) in [6.07, 6.45) is -0.937. The van der Waals surface area contributed by atoms with Crippen molar-refractivity contribution in [3.8, 4) is 11.1 Å². The summed E-state index contributed by atoms with van der Waals surface area (Å²) in [5, 5.41) is 23.6. The van der Waals surface area contributed by atoms with Crippen LogP contribution in [0, 0.1) is 0 Å². The number of aliphatic carboxylic acids is 2. The van der Waals surface area contributed by atoms with Crippen LogP contribution in [0.4, 0.5) is 0 Å². The van der Waals surface area contributed by atoms with E-state index in [9.17, 15) is 19.0 Å². The minimum atomic E-state index is -4.70. The second-order valence-corrected chi connectivity index (χ2v) is 7.39. The van der Waals surface area contributed by atoms with E-state index in [0.717, 1.165) is 11.1 Å². The lowest BCUT2D eigenvalue weighted by Gasteiger charge is -2.16. The van der Waals surface area contributed by atoms with Crippen LogP contribution in [-0.4, -0.2) is 33.1 Å². The van der Waals surface area contributed by atoms with Crippen molar-refractivity contribution < 1.29 is 43.9 Å². The number of rotatable bonds is 12. The average Bonchev–Trinajstić information content (AvgIpc) is 2.69. The van der Waals surface area contributed by atoms with Crippen molar-refractivity contribution in [1.29, 1.82) is 0 Å². The third kappa shape index (κ3) is 8.12. The van der Waals surface area contributed by atoms with Gasteiger partial charge in [-0.05, 0) is 23.1 Å². The summed E-state index contributed by atoms with van der Waals surface area (Å²) in [6, 6.07) is 15.4. The summed E-state index contributed by atoms with van der Waals surface area (Å²) in [4.78, 5) is 35.8. The molecule has 2 atom stereocenters. The number of hydrogen-bond donors (Lipinski definition) is 4. The van der Waals surface area contributed by atoms with Gasteiger partial charge in [-0.25, -0.2) is 14.5 Å². The Hall–Kier alpha value is -2.59. The first kappa shape index (κ1) is 22.7. The zero-order chi connectivity index (χ0) is 21.3. The van der Waals surface area contributed by atoms with Gasteiger partial charge in [-0.1, -0.05) is 59.6 Å². The van der Waals surface area contributed by atoms with Crippen LogP contribution in [0.1, 0.15) is 18.4 Å². The van der Waals surface area contributed by atoms with Gasteiger partial charge in [0.1, 0.15) is 12.6 Å². The van der Waals surface area contributed by atoms with E-state index in [1.54, 1.807) is 17.2 Å². The molecular formula is C18H20NO9P. The van der Waals surface area contributed by atoms with Crippen molar-refractivity contribution in [2.45, 2.75) is 25.5 Å². The molecule has 0 saturated carbocycles. The highest BCUT2D eigenvalue weighted by Crippen LogP contribution is 2.38. The standard InChI is InChI=1S/C18H20NO9P/c20-17(21)11-10-16(18(22)23)19-29(24,25)28-27-26-12-13-6-8-15(9-7-13)14-4-2-1-3-5-14/h1-9,16H,10-12H2,(H,20,21)(H,22,23)(H2,19,24,25)/t16-/m0/s1. The molecule has 0 aliphatic carbocycles. The first-order chi connectivity index (χ1) is 13.8. The summed E-state index contributed by atoms with van der Waals surface area (Å²) in [7, 11) is -4.70. The minimum Gasteiger partial charge on any atom is -0.481 e. The van der Waals surface area contributed by atoms with Crippen molar-refractivity contribution in [2.75, 3.05) is 0 Å². The Labute approximate surface area is 166 Å². The molecule has 0 heterocycles. The van der Waals surface area contributed by atoms with E-state index in [1.165, 1.54) is 0 Å². The Morgan fingerprint density at radius 3 is 2.21 bits per heavy atom. The van der Waals surface area contributed by atoms with Crippen LogP contribution in [0.2, 0.25) is 0 Å². The monoisotopic (exact) mass is 425 g/mol. The fourth-order valence-electron chi connectivity index (χ4n) is 2.31. The van der Waals surface area contributed by atoms with Gasteiger partial charge in [-0.2, -0.15) is 0 Å². The zero-order valence-electron chi connectivity index (χ0n) is 15.1. The number of benzene rings is 2. The van der Waals surface area contributed by atoms with E-state index in [4.69, 9.17) is 15.1 Å².